The van der Waals surface area contributed by atoms with E-state index in [-0.39, 0.29) is 0 Å². The van der Waals surface area contributed by atoms with Crippen LogP contribution in [-0.4, -0.2) is 52.5 Å². The zero-order chi connectivity index (χ0) is 12.1. The second kappa shape index (κ2) is 5.69. The molecule has 0 unspecified atom stereocenters. The molecule has 8 heteroatoms. The van der Waals surface area contributed by atoms with Gasteiger partial charge in [-0.25, -0.2) is 0 Å². The summed E-state index contributed by atoms with van der Waals surface area (Å²) in [5, 5.41) is 9.72. The van der Waals surface area contributed by atoms with E-state index >= 15 is 0 Å². The van der Waals surface area contributed by atoms with Gasteiger partial charge in [0.25, 0.3) is 0 Å². The van der Waals surface area contributed by atoms with Gasteiger partial charge in [-0.05, 0) is 13.0 Å². The number of amides is 2. The van der Waals surface area contributed by atoms with Crippen LogP contribution in [0, 0.1) is 0 Å². The number of carbonyl (C=O) groups is 2. The zero-order valence-electron chi connectivity index (χ0n) is 9.18. The molecule has 1 fully saturated rings. The lowest BCUT2D eigenvalue weighted by Crippen LogP contribution is -2.41. The standard InChI is InChI=1S/C9H13N5O2S/c15-8(12-7-6-11-13-17-7)9(16)14-4-1-2-10-3-5-14/h6,10H,1-5H2,(H,12,15). The van der Waals surface area contributed by atoms with Crippen LogP contribution in [0.2, 0.25) is 0 Å². The van der Waals surface area contributed by atoms with Crippen LogP contribution in [0.5, 0.6) is 0 Å². The molecule has 0 radical (unpaired) electrons. The van der Waals surface area contributed by atoms with Crippen molar-refractivity contribution in [2.75, 3.05) is 31.5 Å². The van der Waals surface area contributed by atoms with Gasteiger partial charge >= 0.3 is 11.8 Å². The van der Waals surface area contributed by atoms with Crippen molar-refractivity contribution in [1.82, 2.24) is 19.8 Å². The summed E-state index contributed by atoms with van der Waals surface area (Å²) in [5.41, 5.74) is 0. The Morgan fingerprint density at radius 2 is 2.29 bits per heavy atom. The molecule has 2 heterocycles. The van der Waals surface area contributed by atoms with Crippen LogP contribution < -0.4 is 10.6 Å². The Morgan fingerprint density at radius 3 is 3.06 bits per heavy atom. The van der Waals surface area contributed by atoms with E-state index in [2.05, 4.69) is 20.2 Å². The Hall–Kier alpha value is -1.54. The van der Waals surface area contributed by atoms with Crippen molar-refractivity contribution >= 4 is 28.3 Å². The first-order valence-electron chi connectivity index (χ1n) is 5.35. The predicted molar refractivity (Wildman–Crippen MR) is 62.6 cm³/mol. The molecule has 2 amide bonds. The highest BCUT2D eigenvalue weighted by atomic mass is 32.1. The number of nitrogens with one attached hydrogen (secondary N) is 2. The van der Waals surface area contributed by atoms with Crippen LogP contribution in [0.3, 0.4) is 0 Å². The van der Waals surface area contributed by atoms with Gasteiger partial charge in [-0.15, -0.1) is 5.10 Å². The van der Waals surface area contributed by atoms with Crippen molar-refractivity contribution in [2.24, 2.45) is 0 Å². The van der Waals surface area contributed by atoms with Gasteiger partial charge in [-0.1, -0.05) is 4.49 Å². The quantitative estimate of drug-likeness (QED) is 0.648. The first-order valence-corrected chi connectivity index (χ1v) is 6.13. The van der Waals surface area contributed by atoms with E-state index in [0.29, 0.717) is 18.1 Å². The Labute approximate surface area is 102 Å². The summed E-state index contributed by atoms with van der Waals surface area (Å²) in [6.07, 6.45) is 2.28. The molecular weight excluding hydrogens is 242 g/mol. The average Bonchev–Trinajstić information content (AvgIpc) is 2.68. The summed E-state index contributed by atoms with van der Waals surface area (Å²) in [6, 6.07) is 0. The van der Waals surface area contributed by atoms with Crippen LogP contribution >= 0.6 is 11.5 Å². The Kier molecular flexibility index (Phi) is 3.99. The highest BCUT2D eigenvalue weighted by Gasteiger charge is 2.22. The van der Waals surface area contributed by atoms with Crippen molar-refractivity contribution in [3.63, 3.8) is 0 Å². The molecule has 0 saturated carbocycles. The predicted octanol–water partition coefficient (Wildman–Crippen LogP) is -0.701. The van der Waals surface area contributed by atoms with Gasteiger partial charge in [-0.2, -0.15) is 0 Å². The van der Waals surface area contributed by atoms with E-state index in [1.165, 1.54) is 6.20 Å². The summed E-state index contributed by atoms with van der Waals surface area (Å²) >= 11 is 1.04. The lowest BCUT2D eigenvalue weighted by molar-refractivity contribution is -0.143. The molecule has 1 aliphatic rings. The Bertz CT molecular complexity index is 386. The molecule has 0 aliphatic carbocycles. The molecule has 0 atom stereocenters. The lowest BCUT2D eigenvalue weighted by Gasteiger charge is -2.18. The maximum absolute atomic E-state index is 11.8. The van der Waals surface area contributed by atoms with E-state index in [1.54, 1.807) is 4.90 Å². The molecule has 1 aromatic rings. The number of rotatable bonds is 1. The van der Waals surface area contributed by atoms with Gasteiger partial charge in [0.2, 0.25) is 0 Å². The SMILES string of the molecule is O=C(Nc1cnns1)C(=O)N1CCCNCC1. The Morgan fingerprint density at radius 1 is 1.41 bits per heavy atom. The molecular formula is C9H13N5O2S. The van der Waals surface area contributed by atoms with Crippen LogP contribution in [0.4, 0.5) is 5.00 Å². The molecule has 17 heavy (non-hydrogen) atoms. The smallest absolute Gasteiger partial charge is 0.314 e. The average molecular weight is 255 g/mol. The normalized spacial score (nSPS) is 16.4. The van der Waals surface area contributed by atoms with Crippen molar-refractivity contribution in [1.29, 1.82) is 0 Å². The minimum atomic E-state index is -0.627. The summed E-state index contributed by atoms with van der Waals surface area (Å²) in [6.45, 7) is 2.78. The van der Waals surface area contributed by atoms with E-state index in [4.69, 9.17) is 0 Å². The molecule has 2 N–H and O–H groups in total. The van der Waals surface area contributed by atoms with Gasteiger partial charge in [-0.3, -0.25) is 9.59 Å². The lowest BCUT2D eigenvalue weighted by atomic mass is 10.3. The number of hydrogen-bond donors (Lipinski definition) is 2. The summed E-state index contributed by atoms with van der Waals surface area (Å²) < 4.78 is 3.60. The van der Waals surface area contributed by atoms with Crippen LogP contribution in [0.1, 0.15) is 6.42 Å². The Balaban J connectivity index is 1.91. The summed E-state index contributed by atoms with van der Waals surface area (Å²) in [7, 11) is 0. The monoisotopic (exact) mass is 255 g/mol. The molecule has 0 aromatic carbocycles. The fourth-order valence-corrected chi connectivity index (χ4v) is 1.99. The van der Waals surface area contributed by atoms with E-state index in [0.717, 1.165) is 31.0 Å². The highest BCUT2D eigenvalue weighted by molar-refractivity contribution is 7.10. The second-order valence-electron chi connectivity index (χ2n) is 3.63. The third kappa shape index (κ3) is 3.21. The van der Waals surface area contributed by atoms with Gasteiger partial charge in [0, 0.05) is 31.2 Å². The summed E-state index contributed by atoms with van der Waals surface area (Å²) in [5.74, 6) is -1.12. The van der Waals surface area contributed by atoms with Gasteiger partial charge in [0.1, 0.15) is 5.00 Å². The topological polar surface area (TPSA) is 87.2 Å². The molecule has 0 spiro atoms. The maximum Gasteiger partial charge on any atom is 0.314 e. The first-order chi connectivity index (χ1) is 8.27. The minimum Gasteiger partial charge on any atom is -0.333 e. The fourth-order valence-electron chi connectivity index (χ4n) is 1.58. The van der Waals surface area contributed by atoms with Crippen molar-refractivity contribution in [3.8, 4) is 0 Å². The molecule has 1 aliphatic heterocycles. The minimum absolute atomic E-state index is 0.483. The van der Waals surface area contributed by atoms with Crippen LogP contribution in [0.15, 0.2) is 6.20 Å². The summed E-state index contributed by atoms with van der Waals surface area (Å²) in [4.78, 5) is 25.0. The number of hydrogen-bond acceptors (Lipinski definition) is 6. The van der Waals surface area contributed by atoms with Crippen LogP contribution in [0.25, 0.3) is 0 Å². The molecule has 92 valence electrons. The largest absolute Gasteiger partial charge is 0.333 e. The molecule has 1 aromatic heterocycles. The molecule has 1 saturated heterocycles. The van der Waals surface area contributed by atoms with Crippen molar-refractivity contribution < 1.29 is 9.59 Å². The number of aromatic nitrogens is 2. The van der Waals surface area contributed by atoms with E-state index in [1.807, 2.05) is 0 Å². The van der Waals surface area contributed by atoms with Gasteiger partial charge in [0.05, 0.1) is 6.20 Å². The zero-order valence-corrected chi connectivity index (χ0v) is 10.00. The second-order valence-corrected chi connectivity index (χ2v) is 4.42. The first kappa shape index (κ1) is 11.9. The molecule has 2 rings (SSSR count). The van der Waals surface area contributed by atoms with Gasteiger partial charge < -0.3 is 15.5 Å². The molecule has 0 bridgehead atoms. The fraction of sp³-hybridized carbons (Fsp3) is 0.556. The van der Waals surface area contributed by atoms with Crippen LogP contribution in [-0.2, 0) is 9.59 Å². The number of anilines is 1. The van der Waals surface area contributed by atoms with E-state index < -0.39 is 11.8 Å². The molecule has 7 nitrogen and oxygen atoms in total. The van der Waals surface area contributed by atoms with Crippen molar-refractivity contribution in [2.45, 2.75) is 6.42 Å². The van der Waals surface area contributed by atoms with E-state index in [9.17, 15) is 9.59 Å². The van der Waals surface area contributed by atoms with Crippen molar-refractivity contribution in [3.05, 3.63) is 6.20 Å². The highest BCUT2D eigenvalue weighted by Crippen LogP contribution is 2.09. The third-order valence-electron chi connectivity index (χ3n) is 2.42. The third-order valence-corrected chi connectivity index (χ3v) is 3.00. The number of nitrogens with zero attached hydrogens (tertiary/aromatic N) is 3. The number of carbonyl (C=O) groups excluding carboxylic acids is 2. The maximum atomic E-state index is 11.8. The van der Waals surface area contributed by atoms with Gasteiger partial charge in [0.15, 0.2) is 0 Å².